The van der Waals surface area contributed by atoms with E-state index in [0.29, 0.717) is 23.5 Å². The van der Waals surface area contributed by atoms with Gasteiger partial charge in [-0.05, 0) is 56.8 Å². The van der Waals surface area contributed by atoms with Gasteiger partial charge in [0.1, 0.15) is 0 Å². The lowest BCUT2D eigenvalue weighted by atomic mass is 9.98. The first-order valence-electron chi connectivity index (χ1n) is 12.7. The number of nitrogens with zero attached hydrogens (tertiary/aromatic N) is 3. The van der Waals surface area contributed by atoms with Crippen molar-refractivity contribution < 1.29 is 0 Å². The Hall–Kier alpha value is -3.82. The molecular weight excluding hydrogens is 474 g/mol. The third kappa shape index (κ3) is 5.63. The summed E-state index contributed by atoms with van der Waals surface area (Å²) in [4.78, 5) is 13.5. The zero-order chi connectivity index (χ0) is 25.9. The van der Waals surface area contributed by atoms with Crippen LogP contribution in [0.3, 0.4) is 0 Å². The van der Waals surface area contributed by atoms with Crippen LogP contribution in [0.25, 0.3) is 45.0 Å². The number of hydrogen-bond donors (Lipinski definition) is 0. The van der Waals surface area contributed by atoms with Crippen molar-refractivity contribution >= 4 is 11.6 Å². The molecule has 0 N–H and O–H groups in total. The molecule has 0 aliphatic rings. The lowest BCUT2D eigenvalue weighted by Crippen LogP contribution is -1.97. The standard InChI is InChI=1S/C33H30ClN3/c1-21(2)23-5-9-25(10-6-23)27-13-17-29(18-14-27)31-35-32(37-33(34)36-31)30-19-15-28(16-20-30)26-11-7-24(8-12-26)22(3)4/h5-22H,1-4H3. The molecule has 5 aromatic rings. The van der Waals surface area contributed by atoms with Gasteiger partial charge in [-0.3, -0.25) is 0 Å². The third-order valence-corrected chi connectivity index (χ3v) is 6.88. The van der Waals surface area contributed by atoms with Crippen molar-refractivity contribution in [2.75, 3.05) is 0 Å². The molecule has 0 spiro atoms. The number of hydrogen-bond acceptors (Lipinski definition) is 3. The number of aromatic nitrogens is 3. The van der Waals surface area contributed by atoms with Crippen molar-refractivity contribution in [1.82, 2.24) is 15.0 Å². The molecule has 4 heteroatoms. The first-order valence-corrected chi connectivity index (χ1v) is 13.1. The van der Waals surface area contributed by atoms with Gasteiger partial charge in [0, 0.05) is 11.1 Å². The molecule has 0 bridgehead atoms. The van der Waals surface area contributed by atoms with Crippen molar-refractivity contribution in [3.63, 3.8) is 0 Å². The fraction of sp³-hybridized carbons (Fsp3) is 0.182. The van der Waals surface area contributed by atoms with Crippen LogP contribution in [0.2, 0.25) is 5.28 Å². The Kier molecular flexibility index (Phi) is 7.16. The minimum Gasteiger partial charge on any atom is -0.208 e. The molecule has 184 valence electrons. The second-order valence-corrected chi connectivity index (χ2v) is 10.3. The Morgan fingerprint density at radius 1 is 0.405 bits per heavy atom. The van der Waals surface area contributed by atoms with Crippen molar-refractivity contribution in [3.8, 4) is 45.0 Å². The molecular formula is C33H30ClN3. The van der Waals surface area contributed by atoms with Gasteiger partial charge in [0.2, 0.25) is 5.28 Å². The molecule has 0 saturated carbocycles. The van der Waals surface area contributed by atoms with Crippen LogP contribution in [0, 0.1) is 0 Å². The van der Waals surface area contributed by atoms with Gasteiger partial charge in [0.05, 0.1) is 0 Å². The molecule has 0 unspecified atom stereocenters. The van der Waals surface area contributed by atoms with Crippen LogP contribution in [-0.4, -0.2) is 15.0 Å². The van der Waals surface area contributed by atoms with E-state index >= 15 is 0 Å². The summed E-state index contributed by atoms with van der Waals surface area (Å²) in [6.07, 6.45) is 0. The van der Waals surface area contributed by atoms with Crippen LogP contribution in [0.5, 0.6) is 0 Å². The van der Waals surface area contributed by atoms with Crippen LogP contribution >= 0.6 is 11.6 Å². The molecule has 0 aliphatic heterocycles. The molecule has 1 heterocycles. The molecule has 1 aromatic heterocycles. The SMILES string of the molecule is CC(C)c1ccc(-c2ccc(-c3nc(Cl)nc(-c4ccc(-c5ccc(C(C)C)cc5)cc4)n3)cc2)cc1. The van der Waals surface area contributed by atoms with Crippen LogP contribution < -0.4 is 0 Å². The molecule has 3 nitrogen and oxygen atoms in total. The average molecular weight is 504 g/mol. The Morgan fingerprint density at radius 2 is 0.676 bits per heavy atom. The van der Waals surface area contributed by atoms with Gasteiger partial charge in [-0.25, -0.2) is 4.98 Å². The maximum Gasteiger partial charge on any atom is 0.226 e. The first-order chi connectivity index (χ1) is 17.9. The molecule has 37 heavy (non-hydrogen) atoms. The number of rotatable bonds is 6. The van der Waals surface area contributed by atoms with E-state index in [-0.39, 0.29) is 5.28 Å². The molecule has 0 radical (unpaired) electrons. The van der Waals surface area contributed by atoms with Crippen LogP contribution in [-0.2, 0) is 0 Å². The first kappa shape index (κ1) is 24.9. The van der Waals surface area contributed by atoms with E-state index in [9.17, 15) is 0 Å². The summed E-state index contributed by atoms with van der Waals surface area (Å²) in [7, 11) is 0. The van der Waals surface area contributed by atoms with E-state index in [1.54, 1.807) is 0 Å². The highest BCUT2D eigenvalue weighted by molar-refractivity contribution is 6.28. The van der Waals surface area contributed by atoms with Gasteiger partial charge >= 0.3 is 0 Å². The van der Waals surface area contributed by atoms with E-state index in [1.807, 2.05) is 24.3 Å². The highest BCUT2D eigenvalue weighted by Crippen LogP contribution is 2.28. The van der Waals surface area contributed by atoms with E-state index in [1.165, 1.54) is 22.3 Å². The van der Waals surface area contributed by atoms with Crippen molar-refractivity contribution in [1.29, 1.82) is 0 Å². The van der Waals surface area contributed by atoms with Crippen LogP contribution in [0.15, 0.2) is 97.1 Å². The van der Waals surface area contributed by atoms with E-state index in [0.717, 1.165) is 22.3 Å². The summed E-state index contributed by atoms with van der Waals surface area (Å²) in [5, 5.41) is 0.182. The fourth-order valence-electron chi connectivity index (χ4n) is 4.35. The van der Waals surface area contributed by atoms with Crippen LogP contribution in [0.4, 0.5) is 0 Å². The summed E-state index contributed by atoms with van der Waals surface area (Å²) >= 11 is 6.32. The predicted octanol–water partition coefficient (Wildman–Crippen LogP) is 9.44. The predicted molar refractivity (Wildman–Crippen MR) is 155 cm³/mol. The summed E-state index contributed by atoms with van der Waals surface area (Å²) in [6, 6.07) is 34.0. The normalized spacial score (nSPS) is 11.3. The Balaban J connectivity index is 1.38. The third-order valence-electron chi connectivity index (χ3n) is 6.72. The minimum atomic E-state index is 0.182. The highest BCUT2D eigenvalue weighted by atomic mass is 35.5. The maximum absolute atomic E-state index is 6.32. The second kappa shape index (κ2) is 10.7. The molecule has 0 aliphatic carbocycles. The molecule has 4 aromatic carbocycles. The smallest absolute Gasteiger partial charge is 0.208 e. The Labute approximate surface area is 224 Å². The van der Waals surface area contributed by atoms with Crippen LogP contribution in [0.1, 0.15) is 50.7 Å². The highest BCUT2D eigenvalue weighted by Gasteiger charge is 2.11. The average Bonchev–Trinajstić information content (AvgIpc) is 2.93. The lowest BCUT2D eigenvalue weighted by Gasteiger charge is -2.09. The zero-order valence-electron chi connectivity index (χ0n) is 21.6. The van der Waals surface area contributed by atoms with E-state index < -0.39 is 0 Å². The fourth-order valence-corrected chi connectivity index (χ4v) is 4.51. The number of halogens is 1. The molecule has 5 rings (SSSR count). The zero-order valence-corrected chi connectivity index (χ0v) is 22.4. The second-order valence-electron chi connectivity index (χ2n) is 9.96. The number of benzene rings is 4. The van der Waals surface area contributed by atoms with Gasteiger partial charge < -0.3 is 0 Å². The van der Waals surface area contributed by atoms with Gasteiger partial charge in [-0.15, -0.1) is 0 Å². The summed E-state index contributed by atoms with van der Waals surface area (Å²) < 4.78 is 0. The van der Waals surface area contributed by atoms with Gasteiger partial charge in [0.15, 0.2) is 11.6 Å². The quantitative estimate of drug-likeness (QED) is 0.231. The van der Waals surface area contributed by atoms with Gasteiger partial charge in [-0.1, -0.05) is 125 Å². The largest absolute Gasteiger partial charge is 0.226 e. The van der Waals surface area contributed by atoms with Gasteiger partial charge in [-0.2, -0.15) is 9.97 Å². The minimum absolute atomic E-state index is 0.182. The molecule has 0 saturated heterocycles. The molecule has 0 amide bonds. The monoisotopic (exact) mass is 503 g/mol. The van der Waals surface area contributed by atoms with Crippen molar-refractivity contribution in [3.05, 3.63) is 113 Å². The summed E-state index contributed by atoms with van der Waals surface area (Å²) in [5.41, 5.74) is 9.14. The lowest BCUT2D eigenvalue weighted by molar-refractivity contribution is 0.867. The van der Waals surface area contributed by atoms with Gasteiger partial charge in [0.25, 0.3) is 0 Å². The Bertz CT molecular complexity index is 1370. The van der Waals surface area contributed by atoms with E-state index in [2.05, 4.69) is 110 Å². The van der Waals surface area contributed by atoms with E-state index in [4.69, 9.17) is 16.6 Å². The topological polar surface area (TPSA) is 38.7 Å². The summed E-state index contributed by atoms with van der Waals surface area (Å²) in [6.45, 7) is 8.82. The maximum atomic E-state index is 6.32. The van der Waals surface area contributed by atoms with Crippen molar-refractivity contribution in [2.24, 2.45) is 0 Å². The summed E-state index contributed by atoms with van der Waals surface area (Å²) in [5.74, 6) is 2.16. The molecule has 0 atom stereocenters. The Morgan fingerprint density at radius 3 is 0.973 bits per heavy atom. The van der Waals surface area contributed by atoms with Crippen molar-refractivity contribution in [2.45, 2.75) is 39.5 Å². The molecule has 0 fully saturated rings.